The van der Waals surface area contributed by atoms with Crippen LogP contribution in [0.15, 0.2) is 30.9 Å². The average Bonchev–Trinajstić information content (AvgIpc) is 2.67. The Balaban J connectivity index is 2.26. The van der Waals surface area contributed by atoms with E-state index in [9.17, 15) is 9.50 Å². The molecular formula is C21H32FNO3. The first kappa shape index (κ1) is 20.9. The van der Waals surface area contributed by atoms with Gasteiger partial charge in [-0.2, -0.15) is 0 Å². The maximum Gasteiger partial charge on any atom is 0.126 e. The molecule has 2 N–H and O–H groups in total. The average molecular weight is 365 g/mol. The van der Waals surface area contributed by atoms with Crippen molar-refractivity contribution in [1.82, 2.24) is 5.32 Å². The number of hydrogen-bond donors (Lipinski definition) is 2. The molecule has 2 atom stereocenters. The number of hydrogen-bond acceptors (Lipinski definition) is 4. The molecule has 4 nitrogen and oxygen atoms in total. The summed E-state index contributed by atoms with van der Waals surface area (Å²) in [4.78, 5) is 0. The summed E-state index contributed by atoms with van der Waals surface area (Å²) in [5.41, 5.74) is -0.581. The lowest BCUT2D eigenvalue weighted by molar-refractivity contribution is -0.0455. The number of halogens is 1. The van der Waals surface area contributed by atoms with Gasteiger partial charge < -0.3 is 19.9 Å². The zero-order chi connectivity index (χ0) is 18.8. The summed E-state index contributed by atoms with van der Waals surface area (Å²) in [5, 5.41) is 15.1. The van der Waals surface area contributed by atoms with Gasteiger partial charge in [0.05, 0.1) is 5.60 Å². The molecule has 26 heavy (non-hydrogen) atoms. The lowest BCUT2D eigenvalue weighted by Crippen LogP contribution is -2.44. The van der Waals surface area contributed by atoms with Gasteiger partial charge in [0.25, 0.3) is 0 Å². The topological polar surface area (TPSA) is 50.7 Å². The van der Waals surface area contributed by atoms with Gasteiger partial charge in [0, 0.05) is 31.2 Å². The predicted molar refractivity (Wildman–Crippen MR) is 102 cm³/mol. The fourth-order valence-corrected chi connectivity index (χ4v) is 3.68. The molecule has 2 rings (SSSR count). The highest BCUT2D eigenvalue weighted by molar-refractivity contribution is 5.39. The van der Waals surface area contributed by atoms with Crippen LogP contribution in [0.2, 0.25) is 0 Å². The Bertz CT molecular complexity index is 560. The highest BCUT2D eigenvalue weighted by Crippen LogP contribution is 2.42. The molecule has 2 unspecified atom stereocenters. The number of rotatable bonds is 11. The van der Waals surface area contributed by atoms with Gasteiger partial charge in [-0.3, -0.25) is 0 Å². The molecular weight excluding hydrogens is 333 g/mol. The van der Waals surface area contributed by atoms with Crippen molar-refractivity contribution < 1.29 is 19.0 Å². The van der Waals surface area contributed by atoms with E-state index in [1.165, 1.54) is 12.1 Å². The van der Waals surface area contributed by atoms with Crippen molar-refractivity contribution in [1.29, 1.82) is 0 Å². The Kier molecular flexibility index (Phi) is 8.55. The highest BCUT2D eigenvalue weighted by atomic mass is 19.1. The molecule has 0 aromatic heterocycles. The molecule has 1 aliphatic rings. The van der Waals surface area contributed by atoms with Gasteiger partial charge in [0.15, 0.2) is 0 Å². The van der Waals surface area contributed by atoms with Crippen LogP contribution in [-0.4, -0.2) is 38.0 Å². The van der Waals surface area contributed by atoms with Crippen molar-refractivity contribution in [3.8, 4) is 5.75 Å². The van der Waals surface area contributed by atoms with E-state index in [1.54, 1.807) is 12.1 Å². The van der Waals surface area contributed by atoms with Crippen LogP contribution in [0.3, 0.4) is 0 Å². The smallest absolute Gasteiger partial charge is 0.126 e. The molecule has 146 valence electrons. The normalized spacial score (nSPS) is 19.7. The second kappa shape index (κ2) is 10.7. The summed E-state index contributed by atoms with van der Waals surface area (Å²) in [7, 11) is 0. The minimum Gasteiger partial charge on any atom is -0.489 e. The first-order chi connectivity index (χ1) is 12.6. The van der Waals surface area contributed by atoms with E-state index in [-0.39, 0.29) is 11.7 Å². The van der Waals surface area contributed by atoms with E-state index in [2.05, 4.69) is 11.9 Å². The first-order valence-corrected chi connectivity index (χ1v) is 9.66. The Morgan fingerprint density at radius 2 is 2.27 bits per heavy atom. The van der Waals surface area contributed by atoms with Crippen LogP contribution in [0, 0.1) is 11.7 Å². The quantitative estimate of drug-likeness (QED) is 0.463. The Morgan fingerprint density at radius 1 is 1.42 bits per heavy atom. The van der Waals surface area contributed by atoms with E-state index in [0.717, 1.165) is 38.8 Å². The van der Waals surface area contributed by atoms with E-state index in [0.29, 0.717) is 37.6 Å². The van der Waals surface area contributed by atoms with Gasteiger partial charge in [0.1, 0.15) is 18.2 Å². The summed E-state index contributed by atoms with van der Waals surface area (Å²) in [6, 6.07) is 4.40. The molecule has 0 bridgehead atoms. The third-order valence-electron chi connectivity index (χ3n) is 5.04. The summed E-state index contributed by atoms with van der Waals surface area (Å²) < 4.78 is 25.2. The maximum atomic E-state index is 14.0. The highest BCUT2D eigenvalue weighted by Gasteiger charge is 2.40. The molecule has 1 aromatic rings. The first-order valence-electron chi connectivity index (χ1n) is 9.66. The Hall–Kier alpha value is -1.43. The monoisotopic (exact) mass is 365 g/mol. The lowest BCUT2D eigenvalue weighted by atomic mass is 9.74. The van der Waals surface area contributed by atoms with E-state index in [4.69, 9.17) is 9.47 Å². The van der Waals surface area contributed by atoms with Gasteiger partial charge in [0.2, 0.25) is 0 Å². The molecule has 1 fully saturated rings. The van der Waals surface area contributed by atoms with Crippen LogP contribution in [-0.2, 0) is 10.3 Å². The fourth-order valence-electron chi connectivity index (χ4n) is 3.68. The minimum absolute atomic E-state index is 0.0243. The van der Waals surface area contributed by atoms with Crippen molar-refractivity contribution in [3.05, 3.63) is 42.2 Å². The number of ether oxygens (including phenoxy) is 2. The standard InChI is InChI=1S/C21H32FNO3/c1-3-13-26-20-10-9-18(22)15-19(20)21(24,11-5-6-14-25-4-2)17-8-7-12-23-16-17/h3,9-10,15,17,23-24H,1,4-8,11-14,16H2,2H3. The summed E-state index contributed by atoms with van der Waals surface area (Å²) >= 11 is 0. The number of aliphatic hydroxyl groups is 1. The van der Waals surface area contributed by atoms with Gasteiger partial charge in [-0.25, -0.2) is 4.39 Å². The fraction of sp³-hybridized carbons (Fsp3) is 0.619. The van der Waals surface area contributed by atoms with Gasteiger partial charge in [-0.1, -0.05) is 12.7 Å². The molecule has 1 saturated heterocycles. The maximum absolute atomic E-state index is 14.0. The molecule has 1 aromatic carbocycles. The molecule has 1 heterocycles. The minimum atomic E-state index is -1.13. The molecule has 5 heteroatoms. The third kappa shape index (κ3) is 5.53. The zero-order valence-electron chi connectivity index (χ0n) is 15.8. The number of unbranched alkanes of at least 4 members (excludes halogenated alkanes) is 1. The van der Waals surface area contributed by atoms with Crippen LogP contribution in [0.1, 0.15) is 44.6 Å². The van der Waals surface area contributed by atoms with Gasteiger partial charge >= 0.3 is 0 Å². The molecule has 0 amide bonds. The van der Waals surface area contributed by atoms with Crippen molar-refractivity contribution in [3.63, 3.8) is 0 Å². The third-order valence-corrected chi connectivity index (χ3v) is 5.04. The predicted octanol–water partition coefficient (Wildman–Crippen LogP) is 3.78. The van der Waals surface area contributed by atoms with Crippen molar-refractivity contribution in [2.75, 3.05) is 32.9 Å². The molecule has 0 aliphatic carbocycles. The van der Waals surface area contributed by atoms with Crippen molar-refractivity contribution in [2.24, 2.45) is 5.92 Å². The van der Waals surface area contributed by atoms with Crippen LogP contribution in [0.25, 0.3) is 0 Å². The summed E-state index contributed by atoms with van der Waals surface area (Å²) in [5.74, 6) is 0.197. The number of benzene rings is 1. The number of piperidine rings is 1. The molecule has 0 radical (unpaired) electrons. The Labute approximate surface area is 156 Å². The SMILES string of the molecule is C=CCOc1ccc(F)cc1C(O)(CCCCOCC)C1CCCNC1. The van der Waals surface area contributed by atoms with Crippen molar-refractivity contribution in [2.45, 2.75) is 44.6 Å². The molecule has 1 aliphatic heterocycles. The Morgan fingerprint density at radius 3 is 2.96 bits per heavy atom. The lowest BCUT2D eigenvalue weighted by Gasteiger charge is -2.40. The number of nitrogens with one attached hydrogen (secondary N) is 1. The summed E-state index contributed by atoms with van der Waals surface area (Å²) in [6.45, 7) is 9.01. The van der Waals surface area contributed by atoms with Gasteiger partial charge in [-0.15, -0.1) is 0 Å². The van der Waals surface area contributed by atoms with E-state index < -0.39 is 5.60 Å². The molecule has 0 spiro atoms. The van der Waals surface area contributed by atoms with Crippen LogP contribution in [0.4, 0.5) is 4.39 Å². The second-order valence-electron chi connectivity index (χ2n) is 6.86. The van der Waals surface area contributed by atoms with Crippen LogP contribution in [0.5, 0.6) is 5.75 Å². The van der Waals surface area contributed by atoms with Gasteiger partial charge in [-0.05, 0) is 63.8 Å². The summed E-state index contributed by atoms with van der Waals surface area (Å²) in [6.07, 6.45) is 5.80. The zero-order valence-corrected chi connectivity index (χ0v) is 15.8. The van der Waals surface area contributed by atoms with Crippen LogP contribution >= 0.6 is 0 Å². The largest absolute Gasteiger partial charge is 0.489 e. The van der Waals surface area contributed by atoms with E-state index in [1.807, 2.05) is 6.92 Å². The molecule has 0 saturated carbocycles. The van der Waals surface area contributed by atoms with Crippen LogP contribution < -0.4 is 10.1 Å². The van der Waals surface area contributed by atoms with Crippen molar-refractivity contribution >= 4 is 0 Å². The van der Waals surface area contributed by atoms with E-state index >= 15 is 0 Å². The second-order valence-corrected chi connectivity index (χ2v) is 6.86.